The molecule has 0 unspecified atom stereocenters. The lowest BCUT2D eigenvalue weighted by Crippen LogP contribution is -2.39. The summed E-state index contributed by atoms with van der Waals surface area (Å²) in [5, 5.41) is 11.1. The van der Waals surface area contributed by atoms with Crippen molar-refractivity contribution in [1.82, 2.24) is 14.9 Å². The summed E-state index contributed by atoms with van der Waals surface area (Å²) in [5.74, 6) is -0.272. The molecule has 1 aromatic heterocycles. The summed E-state index contributed by atoms with van der Waals surface area (Å²) >= 11 is 0. The smallest absolute Gasteiger partial charge is 0.132 e. The van der Waals surface area contributed by atoms with E-state index in [4.69, 9.17) is 4.74 Å². The van der Waals surface area contributed by atoms with Gasteiger partial charge >= 0.3 is 0 Å². The average molecular weight is 407 g/mol. The molecule has 0 saturated carbocycles. The van der Waals surface area contributed by atoms with E-state index in [2.05, 4.69) is 34.3 Å². The van der Waals surface area contributed by atoms with Gasteiger partial charge < -0.3 is 9.64 Å². The van der Waals surface area contributed by atoms with Crippen LogP contribution in [0, 0.1) is 5.82 Å². The van der Waals surface area contributed by atoms with Crippen molar-refractivity contribution in [2.45, 2.75) is 18.9 Å². The highest BCUT2D eigenvalue weighted by atomic mass is 19.1. The van der Waals surface area contributed by atoms with Crippen LogP contribution in [0.3, 0.4) is 0 Å². The fraction of sp³-hybridized carbons (Fsp3) is 0.348. The molecule has 2 aromatic rings. The lowest BCUT2D eigenvalue weighted by Gasteiger charge is -2.33. The first-order chi connectivity index (χ1) is 14.6. The molecular formula is C23H26FN5O. The Kier molecular flexibility index (Phi) is 6.18. The first-order valence-corrected chi connectivity index (χ1v) is 10.2. The van der Waals surface area contributed by atoms with Crippen LogP contribution in [-0.4, -0.2) is 54.7 Å². The zero-order valence-corrected chi connectivity index (χ0v) is 17.3. The molecule has 156 valence electrons. The molecule has 1 fully saturated rings. The number of nitrogens with zero attached hydrogens (tertiary/aromatic N) is 5. The quantitative estimate of drug-likeness (QED) is 0.690. The largest absolute Gasteiger partial charge is 0.494 e. The van der Waals surface area contributed by atoms with Crippen molar-refractivity contribution in [1.29, 1.82) is 0 Å². The number of benzene rings is 1. The van der Waals surface area contributed by atoms with Gasteiger partial charge in [-0.05, 0) is 62.3 Å². The SMILES string of the molecule is CN(C)C1CCN(N=NC2=C(c3ccncc3)C(c3ccc(F)cc3)=COC2)CC1. The first kappa shape index (κ1) is 20.2. The summed E-state index contributed by atoms with van der Waals surface area (Å²) in [5.41, 5.74) is 4.37. The van der Waals surface area contributed by atoms with Gasteiger partial charge in [0.2, 0.25) is 0 Å². The Morgan fingerprint density at radius 3 is 2.40 bits per heavy atom. The number of rotatable bonds is 5. The van der Waals surface area contributed by atoms with Gasteiger partial charge in [0.25, 0.3) is 0 Å². The number of hydrogen-bond acceptors (Lipinski definition) is 5. The second kappa shape index (κ2) is 9.17. The Morgan fingerprint density at radius 1 is 1.03 bits per heavy atom. The molecule has 0 N–H and O–H groups in total. The van der Waals surface area contributed by atoms with Gasteiger partial charge in [-0.1, -0.05) is 17.4 Å². The number of ether oxygens (including phenoxy) is 1. The number of pyridine rings is 1. The van der Waals surface area contributed by atoms with Crippen LogP contribution in [0.15, 0.2) is 71.1 Å². The minimum absolute atomic E-state index is 0.272. The van der Waals surface area contributed by atoms with Crippen molar-refractivity contribution in [3.8, 4) is 0 Å². The molecular weight excluding hydrogens is 381 g/mol. The normalized spacial score (nSPS) is 18.1. The van der Waals surface area contributed by atoms with Crippen LogP contribution in [0.2, 0.25) is 0 Å². The van der Waals surface area contributed by atoms with Crippen LogP contribution in [0.25, 0.3) is 11.1 Å². The molecule has 0 radical (unpaired) electrons. The number of halogens is 1. The van der Waals surface area contributed by atoms with Crippen LogP contribution in [0.1, 0.15) is 24.0 Å². The maximum absolute atomic E-state index is 13.4. The van der Waals surface area contributed by atoms with Gasteiger partial charge in [0, 0.05) is 42.7 Å². The molecule has 0 spiro atoms. The van der Waals surface area contributed by atoms with E-state index in [9.17, 15) is 4.39 Å². The van der Waals surface area contributed by atoms with Crippen LogP contribution >= 0.6 is 0 Å². The maximum Gasteiger partial charge on any atom is 0.132 e. The summed E-state index contributed by atoms with van der Waals surface area (Å²) in [7, 11) is 4.24. The molecule has 0 atom stereocenters. The molecule has 0 amide bonds. The second-order valence-electron chi connectivity index (χ2n) is 7.74. The molecule has 30 heavy (non-hydrogen) atoms. The summed E-state index contributed by atoms with van der Waals surface area (Å²) in [6.07, 6.45) is 7.35. The van der Waals surface area contributed by atoms with Crippen LogP contribution in [0.5, 0.6) is 0 Å². The van der Waals surface area contributed by atoms with Crippen LogP contribution < -0.4 is 0 Å². The summed E-state index contributed by atoms with van der Waals surface area (Å²) in [4.78, 5) is 6.40. The molecule has 1 aromatic carbocycles. The predicted octanol–water partition coefficient (Wildman–Crippen LogP) is 4.40. The van der Waals surface area contributed by atoms with Crippen molar-refractivity contribution >= 4 is 11.1 Å². The Bertz CT molecular complexity index is 945. The standard InChI is InChI=1S/C23H26FN5O/c1-28(2)20-9-13-29(14-10-20)27-26-22-16-30-15-21(17-3-5-19(24)6-4-17)23(22)18-7-11-25-12-8-18/h3-8,11-12,15,20H,9-10,13-14,16H2,1-2H3. The fourth-order valence-electron chi connectivity index (χ4n) is 3.83. The van der Waals surface area contributed by atoms with Gasteiger partial charge in [-0.2, -0.15) is 0 Å². The van der Waals surface area contributed by atoms with Gasteiger partial charge in [0.1, 0.15) is 18.1 Å². The minimum atomic E-state index is -0.272. The van der Waals surface area contributed by atoms with Gasteiger partial charge in [-0.3, -0.25) is 9.99 Å². The van der Waals surface area contributed by atoms with Crippen molar-refractivity contribution in [2.75, 3.05) is 33.8 Å². The summed E-state index contributed by atoms with van der Waals surface area (Å²) in [6.45, 7) is 2.09. The molecule has 0 aliphatic carbocycles. The van der Waals surface area contributed by atoms with Crippen molar-refractivity contribution in [2.24, 2.45) is 10.3 Å². The van der Waals surface area contributed by atoms with Crippen LogP contribution in [0.4, 0.5) is 4.39 Å². The third-order valence-electron chi connectivity index (χ3n) is 5.57. The van der Waals surface area contributed by atoms with E-state index in [0.717, 1.165) is 53.9 Å². The number of piperidine rings is 1. The van der Waals surface area contributed by atoms with Crippen molar-refractivity contribution < 1.29 is 9.13 Å². The fourth-order valence-corrected chi connectivity index (χ4v) is 3.83. The van der Waals surface area contributed by atoms with Gasteiger partial charge in [0.05, 0.1) is 6.26 Å². The van der Waals surface area contributed by atoms with E-state index in [1.165, 1.54) is 12.1 Å². The predicted molar refractivity (Wildman–Crippen MR) is 115 cm³/mol. The molecule has 6 nitrogen and oxygen atoms in total. The molecule has 3 heterocycles. The van der Waals surface area contributed by atoms with Gasteiger partial charge in [-0.25, -0.2) is 4.39 Å². The molecule has 7 heteroatoms. The zero-order valence-electron chi connectivity index (χ0n) is 17.3. The molecule has 0 bridgehead atoms. The molecule has 4 rings (SSSR count). The second-order valence-corrected chi connectivity index (χ2v) is 7.74. The van der Waals surface area contributed by atoms with E-state index in [1.807, 2.05) is 17.1 Å². The lowest BCUT2D eigenvalue weighted by atomic mass is 9.91. The molecule has 1 saturated heterocycles. The monoisotopic (exact) mass is 407 g/mol. The van der Waals surface area contributed by atoms with E-state index in [1.54, 1.807) is 30.8 Å². The number of aromatic nitrogens is 1. The van der Waals surface area contributed by atoms with Gasteiger partial charge in [-0.15, -0.1) is 5.11 Å². The number of allylic oxidation sites excluding steroid dienone is 2. The third kappa shape index (κ3) is 4.57. The summed E-state index contributed by atoms with van der Waals surface area (Å²) < 4.78 is 19.2. The zero-order chi connectivity index (χ0) is 20.9. The average Bonchev–Trinajstić information content (AvgIpc) is 2.79. The summed E-state index contributed by atoms with van der Waals surface area (Å²) in [6, 6.07) is 10.9. The highest BCUT2D eigenvalue weighted by molar-refractivity contribution is 6.06. The van der Waals surface area contributed by atoms with E-state index < -0.39 is 0 Å². The Balaban J connectivity index is 1.64. The first-order valence-electron chi connectivity index (χ1n) is 10.2. The lowest BCUT2D eigenvalue weighted by molar-refractivity contribution is 0.140. The highest BCUT2D eigenvalue weighted by Gasteiger charge is 2.23. The minimum Gasteiger partial charge on any atom is -0.494 e. The maximum atomic E-state index is 13.4. The van der Waals surface area contributed by atoms with E-state index >= 15 is 0 Å². The Labute approximate surface area is 176 Å². The van der Waals surface area contributed by atoms with Crippen LogP contribution in [-0.2, 0) is 4.74 Å². The van der Waals surface area contributed by atoms with Crippen molar-refractivity contribution in [3.63, 3.8) is 0 Å². The highest BCUT2D eigenvalue weighted by Crippen LogP contribution is 2.37. The molecule has 2 aliphatic heterocycles. The van der Waals surface area contributed by atoms with Gasteiger partial charge in [0.15, 0.2) is 0 Å². The Morgan fingerprint density at radius 2 is 1.73 bits per heavy atom. The number of hydrogen-bond donors (Lipinski definition) is 0. The topological polar surface area (TPSA) is 53.3 Å². The Hall–Kier alpha value is -3.06. The van der Waals surface area contributed by atoms with E-state index in [0.29, 0.717) is 12.6 Å². The van der Waals surface area contributed by atoms with Crippen molar-refractivity contribution in [3.05, 3.63) is 77.7 Å². The van der Waals surface area contributed by atoms with E-state index in [-0.39, 0.29) is 5.82 Å². The third-order valence-corrected chi connectivity index (χ3v) is 5.57. The molecule has 2 aliphatic rings.